The van der Waals surface area contributed by atoms with Gasteiger partial charge >= 0.3 is 0 Å². The highest BCUT2D eigenvalue weighted by molar-refractivity contribution is 5.94. The Morgan fingerprint density at radius 3 is 2.46 bits per heavy atom. The monoisotopic (exact) mass is 381 g/mol. The summed E-state index contributed by atoms with van der Waals surface area (Å²) < 4.78 is 5.32. The van der Waals surface area contributed by atoms with Crippen molar-refractivity contribution in [2.75, 3.05) is 45.2 Å². The molecular weight excluding hydrogens is 350 g/mol. The summed E-state index contributed by atoms with van der Waals surface area (Å²) in [6.45, 7) is 7.23. The molecule has 0 bridgehead atoms. The zero-order chi connectivity index (χ0) is 19.8. The highest BCUT2D eigenvalue weighted by Gasteiger charge is 2.30. The zero-order valence-corrected chi connectivity index (χ0v) is 16.8. The Balaban J connectivity index is 1.46. The summed E-state index contributed by atoms with van der Waals surface area (Å²) in [5, 5.41) is 3.02. The smallest absolute Gasteiger partial charge is 0.282 e. The number of ether oxygens (including phenoxy) is 1. The molecule has 28 heavy (non-hydrogen) atoms. The number of nitrogens with one attached hydrogen (secondary N) is 3. The molecule has 1 atom stereocenters. The molecule has 5 nitrogen and oxygen atoms in total. The van der Waals surface area contributed by atoms with E-state index >= 15 is 0 Å². The van der Waals surface area contributed by atoms with E-state index in [1.165, 1.54) is 10.5 Å². The summed E-state index contributed by atoms with van der Waals surface area (Å²) in [5.41, 5.74) is 1.98. The van der Waals surface area contributed by atoms with Gasteiger partial charge in [-0.15, -0.1) is 0 Å². The molecule has 0 radical (unpaired) electrons. The molecule has 5 heteroatoms. The molecule has 0 saturated carbocycles. The van der Waals surface area contributed by atoms with Crippen LogP contribution in [0, 0.1) is 0 Å². The molecule has 1 heterocycles. The fraction of sp³-hybridized carbons (Fsp3) is 0.348. The molecule has 0 unspecified atom stereocenters. The maximum atomic E-state index is 12.7. The summed E-state index contributed by atoms with van der Waals surface area (Å²) in [6, 6.07) is 17.9. The van der Waals surface area contributed by atoms with E-state index < -0.39 is 0 Å². The summed E-state index contributed by atoms with van der Waals surface area (Å²) >= 11 is 0. The van der Waals surface area contributed by atoms with Gasteiger partial charge in [0.15, 0.2) is 6.04 Å². The van der Waals surface area contributed by atoms with Crippen molar-refractivity contribution in [2.24, 2.45) is 0 Å². The van der Waals surface area contributed by atoms with Gasteiger partial charge in [0.25, 0.3) is 5.91 Å². The molecule has 3 N–H and O–H groups in total. The quantitative estimate of drug-likeness (QED) is 0.655. The van der Waals surface area contributed by atoms with Gasteiger partial charge in [-0.25, -0.2) is 0 Å². The lowest BCUT2D eigenvalue weighted by Gasteiger charge is -2.32. The van der Waals surface area contributed by atoms with E-state index in [4.69, 9.17) is 4.74 Å². The van der Waals surface area contributed by atoms with Gasteiger partial charge in [0.05, 0.1) is 19.3 Å². The van der Waals surface area contributed by atoms with Gasteiger partial charge in [-0.05, 0) is 30.7 Å². The van der Waals surface area contributed by atoms with Gasteiger partial charge < -0.3 is 19.9 Å². The Morgan fingerprint density at radius 1 is 1.07 bits per heavy atom. The highest BCUT2D eigenvalue weighted by atomic mass is 16.5. The largest absolute Gasteiger partial charge is 0.495 e. The number of carbonyl (C=O) groups is 1. The molecular formula is C23H31N3O2+2. The third-order valence-corrected chi connectivity index (χ3v) is 5.49. The third kappa shape index (κ3) is 5.44. The number of quaternary nitrogens is 2. The maximum Gasteiger partial charge on any atom is 0.282 e. The van der Waals surface area contributed by atoms with Gasteiger partial charge in [0, 0.05) is 0 Å². The number of carbonyl (C=O) groups excluding carboxylic acids is 1. The lowest BCUT2D eigenvalue weighted by Crippen LogP contribution is -3.29. The van der Waals surface area contributed by atoms with Crippen molar-refractivity contribution >= 4 is 17.7 Å². The van der Waals surface area contributed by atoms with Crippen molar-refractivity contribution < 1.29 is 19.3 Å². The second-order valence-electron chi connectivity index (χ2n) is 7.34. The predicted molar refractivity (Wildman–Crippen MR) is 113 cm³/mol. The van der Waals surface area contributed by atoms with E-state index in [2.05, 4.69) is 41.7 Å². The summed E-state index contributed by atoms with van der Waals surface area (Å²) in [6.07, 6.45) is 4.45. The van der Waals surface area contributed by atoms with Gasteiger partial charge in [-0.3, -0.25) is 4.79 Å². The van der Waals surface area contributed by atoms with E-state index in [0.29, 0.717) is 5.75 Å². The minimum atomic E-state index is -0.0775. The van der Waals surface area contributed by atoms with Gasteiger partial charge in [-0.1, -0.05) is 48.5 Å². The molecule has 2 aromatic carbocycles. The third-order valence-electron chi connectivity index (χ3n) is 5.49. The summed E-state index contributed by atoms with van der Waals surface area (Å²) in [5.74, 6) is 0.740. The van der Waals surface area contributed by atoms with Crippen LogP contribution in [0.25, 0.3) is 6.08 Å². The second kappa shape index (κ2) is 10.1. The molecule has 148 valence electrons. The highest BCUT2D eigenvalue weighted by Crippen LogP contribution is 2.22. The molecule has 1 aliphatic rings. The second-order valence-corrected chi connectivity index (χ2v) is 7.34. The Kier molecular flexibility index (Phi) is 7.23. The van der Waals surface area contributed by atoms with E-state index in [9.17, 15) is 4.79 Å². The van der Waals surface area contributed by atoms with E-state index in [-0.39, 0.29) is 11.9 Å². The first-order valence-electron chi connectivity index (χ1n) is 10.0. The number of amides is 1. The van der Waals surface area contributed by atoms with Crippen LogP contribution in [-0.2, 0) is 4.79 Å². The van der Waals surface area contributed by atoms with E-state index in [0.717, 1.165) is 38.4 Å². The molecule has 1 saturated heterocycles. The first-order valence-corrected chi connectivity index (χ1v) is 10.0. The fourth-order valence-corrected chi connectivity index (χ4v) is 3.66. The summed E-state index contributed by atoms with van der Waals surface area (Å²) in [4.78, 5) is 15.6. The Bertz CT molecular complexity index is 783. The van der Waals surface area contributed by atoms with Crippen molar-refractivity contribution in [1.82, 2.24) is 0 Å². The van der Waals surface area contributed by atoms with Crippen LogP contribution in [0.1, 0.15) is 12.5 Å². The Hall–Kier alpha value is -2.63. The molecule has 1 fully saturated rings. The van der Waals surface area contributed by atoms with Crippen LogP contribution in [0.5, 0.6) is 5.75 Å². The zero-order valence-electron chi connectivity index (χ0n) is 16.8. The fourth-order valence-electron chi connectivity index (χ4n) is 3.66. The first-order chi connectivity index (χ1) is 13.7. The van der Waals surface area contributed by atoms with Gasteiger partial charge in [-0.2, -0.15) is 0 Å². The van der Waals surface area contributed by atoms with Crippen LogP contribution in [0.15, 0.2) is 60.7 Å². The molecule has 1 amide bonds. The van der Waals surface area contributed by atoms with Crippen LogP contribution in [0.2, 0.25) is 0 Å². The number of anilines is 1. The molecule has 0 aliphatic carbocycles. The van der Waals surface area contributed by atoms with Crippen molar-refractivity contribution in [3.8, 4) is 5.75 Å². The standard InChI is InChI=1S/C23H29N3O2/c1-19(23(27)24-21-12-6-7-13-22(21)28-2)26-17-15-25(16-18-26)14-8-11-20-9-4-3-5-10-20/h3-13,19H,14-18H2,1-2H3,(H,24,27)/p+2/t19-/m1/s1. The van der Waals surface area contributed by atoms with Crippen molar-refractivity contribution in [1.29, 1.82) is 0 Å². The molecule has 0 spiro atoms. The minimum Gasteiger partial charge on any atom is -0.495 e. The number of para-hydroxylation sites is 2. The average molecular weight is 382 g/mol. The van der Waals surface area contributed by atoms with E-state index in [1.807, 2.05) is 37.3 Å². The normalized spacial score (nSPS) is 20.6. The molecule has 2 aromatic rings. The van der Waals surface area contributed by atoms with Crippen LogP contribution in [-0.4, -0.2) is 51.8 Å². The van der Waals surface area contributed by atoms with Crippen molar-refractivity contribution in [3.63, 3.8) is 0 Å². The maximum absolute atomic E-state index is 12.7. The molecule has 1 aliphatic heterocycles. The van der Waals surface area contributed by atoms with Crippen LogP contribution < -0.4 is 19.9 Å². The van der Waals surface area contributed by atoms with Crippen molar-refractivity contribution in [2.45, 2.75) is 13.0 Å². The molecule has 0 aromatic heterocycles. The number of benzene rings is 2. The first kappa shape index (κ1) is 20.1. The lowest BCUT2D eigenvalue weighted by atomic mass is 10.2. The average Bonchev–Trinajstić information content (AvgIpc) is 2.75. The number of hydrogen-bond acceptors (Lipinski definition) is 2. The Morgan fingerprint density at radius 2 is 1.75 bits per heavy atom. The minimum absolute atomic E-state index is 0.0481. The summed E-state index contributed by atoms with van der Waals surface area (Å²) in [7, 11) is 1.62. The Labute approximate surface area is 167 Å². The van der Waals surface area contributed by atoms with Crippen LogP contribution >= 0.6 is 0 Å². The van der Waals surface area contributed by atoms with Crippen LogP contribution in [0.3, 0.4) is 0 Å². The van der Waals surface area contributed by atoms with Crippen molar-refractivity contribution in [3.05, 3.63) is 66.2 Å². The van der Waals surface area contributed by atoms with Gasteiger partial charge in [0.1, 0.15) is 31.9 Å². The SMILES string of the molecule is COc1ccccc1NC(=O)[C@@H](C)[NH+]1CC[NH+](CC=Cc2ccccc2)CC1. The predicted octanol–water partition coefficient (Wildman–Crippen LogP) is 0.519. The lowest BCUT2D eigenvalue weighted by molar-refractivity contribution is -1.02. The number of hydrogen-bond donors (Lipinski definition) is 3. The number of methoxy groups -OCH3 is 1. The van der Waals surface area contributed by atoms with Crippen LogP contribution in [0.4, 0.5) is 5.69 Å². The number of rotatable bonds is 7. The molecule has 3 rings (SSSR count). The number of piperazine rings is 1. The van der Waals surface area contributed by atoms with E-state index in [1.54, 1.807) is 12.0 Å². The topological polar surface area (TPSA) is 47.2 Å². The van der Waals surface area contributed by atoms with Gasteiger partial charge in [0.2, 0.25) is 0 Å².